The van der Waals surface area contributed by atoms with Crippen LogP contribution in [0.2, 0.25) is 0 Å². The van der Waals surface area contributed by atoms with Crippen molar-refractivity contribution in [1.82, 2.24) is 14.5 Å². The van der Waals surface area contributed by atoms with Gasteiger partial charge in [0.1, 0.15) is 0 Å². The lowest BCUT2D eigenvalue weighted by atomic mass is 9.89. The molecule has 0 aromatic heterocycles. The zero-order valence-electron chi connectivity index (χ0n) is 17.3. The van der Waals surface area contributed by atoms with Crippen molar-refractivity contribution in [2.45, 2.75) is 45.1 Å². The number of carbonyl (C=O) groups excluding carboxylic acids is 1. The summed E-state index contributed by atoms with van der Waals surface area (Å²) in [5.41, 5.74) is 0.859. The molecule has 1 N–H and O–H groups in total. The number of benzene rings is 1. The van der Waals surface area contributed by atoms with E-state index < -0.39 is 10.0 Å². The standard InChI is InChI=1S/C22H33N3O3S/c1-19(22(26)23-18-21-10-6-3-7-11-21)24-13-15-25(16-14-24)29(27,28)17-12-20-8-4-2-5-9-20/h2,4-5,8-9,12,17,19,21H,3,6-7,10-11,13-16,18H2,1H3,(H,23,26)/b17-12+. The first-order chi connectivity index (χ1) is 14.0. The third-order valence-electron chi connectivity index (χ3n) is 6.08. The van der Waals surface area contributed by atoms with Crippen LogP contribution in [0, 0.1) is 5.92 Å². The summed E-state index contributed by atoms with van der Waals surface area (Å²) in [5.74, 6) is 0.661. The molecule has 160 valence electrons. The summed E-state index contributed by atoms with van der Waals surface area (Å²) >= 11 is 0. The van der Waals surface area contributed by atoms with Gasteiger partial charge in [-0.2, -0.15) is 4.31 Å². The van der Waals surface area contributed by atoms with E-state index in [4.69, 9.17) is 0 Å². The van der Waals surface area contributed by atoms with Gasteiger partial charge >= 0.3 is 0 Å². The smallest absolute Gasteiger partial charge is 0.237 e. The Morgan fingerprint density at radius 1 is 1.10 bits per heavy atom. The highest BCUT2D eigenvalue weighted by molar-refractivity contribution is 7.92. The molecular formula is C22H33N3O3S. The maximum absolute atomic E-state index is 12.6. The van der Waals surface area contributed by atoms with E-state index >= 15 is 0 Å². The summed E-state index contributed by atoms with van der Waals surface area (Å²) in [4.78, 5) is 14.6. The first kappa shape index (κ1) is 22.0. The summed E-state index contributed by atoms with van der Waals surface area (Å²) < 4.78 is 26.7. The number of nitrogens with one attached hydrogen (secondary N) is 1. The van der Waals surface area contributed by atoms with E-state index in [-0.39, 0.29) is 11.9 Å². The molecule has 1 aliphatic carbocycles. The van der Waals surface area contributed by atoms with Crippen LogP contribution in [-0.4, -0.2) is 62.3 Å². The molecule has 0 spiro atoms. The molecule has 0 bridgehead atoms. The summed E-state index contributed by atoms with van der Waals surface area (Å²) in [6, 6.07) is 9.17. The first-order valence-electron chi connectivity index (χ1n) is 10.7. The third-order valence-corrected chi connectivity index (χ3v) is 7.65. The van der Waals surface area contributed by atoms with Gasteiger partial charge in [0.25, 0.3) is 0 Å². The summed E-state index contributed by atoms with van der Waals surface area (Å²) in [6.45, 7) is 4.62. The summed E-state index contributed by atoms with van der Waals surface area (Å²) in [7, 11) is -3.45. The average Bonchev–Trinajstić information content (AvgIpc) is 2.77. The van der Waals surface area contributed by atoms with Crippen LogP contribution < -0.4 is 5.32 Å². The highest BCUT2D eigenvalue weighted by atomic mass is 32.2. The van der Waals surface area contributed by atoms with Gasteiger partial charge in [0.05, 0.1) is 6.04 Å². The van der Waals surface area contributed by atoms with Gasteiger partial charge in [0.15, 0.2) is 0 Å². The maximum atomic E-state index is 12.6. The van der Waals surface area contributed by atoms with Crippen molar-refractivity contribution < 1.29 is 13.2 Å². The molecule has 29 heavy (non-hydrogen) atoms. The average molecular weight is 420 g/mol. The fourth-order valence-corrected chi connectivity index (χ4v) is 5.28. The van der Waals surface area contributed by atoms with Crippen molar-refractivity contribution in [3.63, 3.8) is 0 Å². The van der Waals surface area contributed by atoms with Crippen LogP contribution in [0.25, 0.3) is 6.08 Å². The maximum Gasteiger partial charge on any atom is 0.237 e. The van der Waals surface area contributed by atoms with Gasteiger partial charge in [-0.15, -0.1) is 0 Å². The summed E-state index contributed by atoms with van der Waals surface area (Å²) in [5, 5.41) is 4.38. The molecule has 3 rings (SSSR count). The Morgan fingerprint density at radius 3 is 2.41 bits per heavy atom. The largest absolute Gasteiger partial charge is 0.354 e. The Hall–Kier alpha value is -1.70. The Bertz CT molecular complexity index is 781. The molecule has 1 unspecified atom stereocenters. The molecule has 1 heterocycles. The lowest BCUT2D eigenvalue weighted by Crippen LogP contribution is -2.54. The molecule has 2 aliphatic rings. The number of piperazine rings is 1. The molecule has 1 saturated carbocycles. The van der Waals surface area contributed by atoms with E-state index in [1.54, 1.807) is 6.08 Å². The van der Waals surface area contributed by atoms with E-state index in [0.29, 0.717) is 32.1 Å². The van der Waals surface area contributed by atoms with Crippen LogP contribution in [0.5, 0.6) is 0 Å². The van der Waals surface area contributed by atoms with E-state index in [1.165, 1.54) is 41.8 Å². The van der Waals surface area contributed by atoms with Crippen LogP contribution in [0.1, 0.15) is 44.6 Å². The molecule has 7 heteroatoms. The molecule has 1 aromatic rings. The van der Waals surface area contributed by atoms with Gasteiger partial charge < -0.3 is 5.32 Å². The van der Waals surface area contributed by atoms with Gasteiger partial charge in [-0.1, -0.05) is 49.6 Å². The van der Waals surface area contributed by atoms with E-state index in [2.05, 4.69) is 10.2 Å². The van der Waals surface area contributed by atoms with Crippen molar-refractivity contribution in [1.29, 1.82) is 0 Å². The Balaban J connectivity index is 1.46. The predicted octanol–water partition coefficient (Wildman–Crippen LogP) is 2.69. The quantitative estimate of drug-likeness (QED) is 0.738. The monoisotopic (exact) mass is 419 g/mol. The fraction of sp³-hybridized carbons (Fsp3) is 0.591. The molecule has 2 fully saturated rings. The van der Waals surface area contributed by atoms with E-state index in [1.807, 2.05) is 37.3 Å². The van der Waals surface area contributed by atoms with Crippen LogP contribution in [-0.2, 0) is 14.8 Å². The Kier molecular flexibility index (Phi) is 7.86. The SMILES string of the molecule is CC(C(=O)NCC1CCCCC1)N1CCN(S(=O)(=O)/C=C/c2ccccc2)CC1. The van der Waals surface area contributed by atoms with Crippen LogP contribution >= 0.6 is 0 Å². The van der Waals surface area contributed by atoms with Crippen molar-refractivity contribution >= 4 is 22.0 Å². The molecular weight excluding hydrogens is 386 g/mol. The topological polar surface area (TPSA) is 69.7 Å². The Labute approximate surface area is 175 Å². The number of rotatable bonds is 7. The number of nitrogens with zero attached hydrogens (tertiary/aromatic N) is 2. The highest BCUT2D eigenvalue weighted by Crippen LogP contribution is 2.22. The van der Waals surface area contributed by atoms with Gasteiger partial charge in [-0.05, 0) is 37.3 Å². The number of carbonyl (C=O) groups is 1. The minimum absolute atomic E-state index is 0.0517. The van der Waals surface area contributed by atoms with Gasteiger partial charge in [-0.25, -0.2) is 8.42 Å². The first-order valence-corrected chi connectivity index (χ1v) is 12.2. The Morgan fingerprint density at radius 2 is 1.76 bits per heavy atom. The molecule has 6 nitrogen and oxygen atoms in total. The number of sulfonamides is 1. The second-order valence-electron chi connectivity index (χ2n) is 8.12. The molecule has 1 aromatic carbocycles. The normalized spacial score (nSPS) is 21.3. The number of hydrogen-bond acceptors (Lipinski definition) is 4. The predicted molar refractivity (Wildman–Crippen MR) is 117 cm³/mol. The zero-order valence-corrected chi connectivity index (χ0v) is 18.1. The number of hydrogen-bond donors (Lipinski definition) is 1. The highest BCUT2D eigenvalue weighted by Gasteiger charge is 2.30. The molecule has 1 saturated heterocycles. The molecule has 0 radical (unpaired) electrons. The molecule has 1 aliphatic heterocycles. The fourth-order valence-electron chi connectivity index (χ4n) is 4.11. The van der Waals surface area contributed by atoms with Gasteiger partial charge in [0.2, 0.25) is 15.9 Å². The molecule has 1 amide bonds. The van der Waals surface area contributed by atoms with Crippen molar-refractivity contribution in [3.05, 3.63) is 41.3 Å². The second kappa shape index (κ2) is 10.4. The second-order valence-corrected chi connectivity index (χ2v) is 9.94. The van der Waals surface area contributed by atoms with Crippen molar-refractivity contribution in [2.24, 2.45) is 5.92 Å². The van der Waals surface area contributed by atoms with E-state index in [0.717, 1.165) is 12.1 Å². The van der Waals surface area contributed by atoms with Crippen LogP contribution in [0.15, 0.2) is 35.7 Å². The van der Waals surface area contributed by atoms with Crippen molar-refractivity contribution in [3.8, 4) is 0 Å². The third kappa shape index (κ3) is 6.39. The van der Waals surface area contributed by atoms with Crippen molar-refractivity contribution in [2.75, 3.05) is 32.7 Å². The minimum atomic E-state index is -3.45. The summed E-state index contributed by atoms with van der Waals surface area (Å²) in [6.07, 6.45) is 7.90. The van der Waals surface area contributed by atoms with E-state index in [9.17, 15) is 13.2 Å². The molecule has 1 atom stereocenters. The number of amides is 1. The van der Waals surface area contributed by atoms with Crippen LogP contribution in [0.3, 0.4) is 0 Å². The van der Waals surface area contributed by atoms with Crippen LogP contribution in [0.4, 0.5) is 0 Å². The lowest BCUT2D eigenvalue weighted by Gasteiger charge is -2.36. The van der Waals surface area contributed by atoms with Gasteiger partial charge in [0, 0.05) is 38.1 Å². The minimum Gasteiger partial charge on any atom is -0.354 e. The zero-order chi connectivity index (χ0) is 20.7. The lowest BCUT2D eigenvalue weighted by molar-refractivity contribution is -0.126. The van der Waals surface area contributed by atoms with Gasteiger partial charge in [-0.3, -0.25) is 9.69 Å².